The van der Waals surface area contributed by atoms with Gasteiger partial charge in [-0.05, 0) is 44.8 Å². The van der Waals surface area contributed by atoms with Crippen molar-refractivity contribution in [3.05, 3.63) is 35.9 Å². The number of aliphatic hydroxyl groups is 1. The van der Waals surface area contributed by atoms with Gasteiger partial charge in [0.25, 0.3) is 0 Å². The predicted octanol–water partition coefficient (Wildman–Crippen LogP) is 2.32. The van der Waals surface area contributed by atoms with Crippen molar-refractivity contribution in [2.24, 2.45) is 0 Å². The van der Waals surface area contributed by atoms with Gasteiger partial charge < -0.3 is 10.0 Å². The number of aliphatic hydroxyl groups excluding tert-OH is 1. The number of likely N-dealkylation sites (N-methyl/N-ethyl adjacent to an activating group) is 1. The summed E-state index contributed by atoms with van der Waals surface area (Å²) in [6, 6.07) is 10.6. The molecular formula is C14H23NO. The fourth-order valence-electron chi connectivity index (χ4n) is 1.75. The van der Waals surface area contributed by atoms with Crippen LogP contribution >= 0.6 is 0 Å². The lowest BCUT2D eigenvalue weighted by Crippen LogP contribution is -2.22. The molecule has 0 bridgehead atoms. The average Bonchev–Trinajstić information content (AvgIpc) is 2.33. The van der Waals surface area contributed by atoms with E-state index in [0.29, 0.717) is 6.61 Å². The van der Waals surface area contributed by atoms with E-state index < -0.39 is 0 Å². The summed E-state index contributed by atoms with van der Waals surface area (Å²) in [6.45, 7) is 2.57. The Morgan fingerprint density at radius 3 is 2.44 bits per heavy atom. The first-order chi connectivity index (χ1) is 7.83. The van der Waals surface area contributed by atoms with E-state index in [-0.39, 0.29) is 0 Å². The van der Waals surface area contributed by atoms with Crippen molar-refractivity contribution in [1.82, 2.24) is 4.90 Å². The lowest BCUT2D eigenvalue weighted by atomic mass is 10.1. The lowest BCUT2D eigenvalue weighted by Gasteiger charge is -2.16. The summed E-state index contributed by atoms with van der Waals surface area (Å²) in [5, 5.41) is 8.67. The summed E-state index contributed by atoms with van der Waals surface area (Å²) in [5.74, 6) is 0. The van der Waals surface area contributed by atoms with Crippen LogP contribution in [-0.2, 0) is 6.42 Å². The van der Waals surface area contributed by atoms with Gasteiger partial charge in [0.1, 0.15) is 0 Å². The molecule has 0 saturated carbocycles. The molecule has 0 aliphatic carbocycles. The quantitative estimate of drug-likeness (QED) is 0.681. The molecule has 0 radical (unpaired) electrons. The smallest absolute Gasteiger partial charge is 0.0431 e. The van der Waals surface area contributed by atoms with Gasteiger partial charge in [-0.3, -0.25) is 0 Å². The number of benzene rings is 1. The van der Waals surface area contributed by atoms with Gasteiger partial charge in [0.15, 0.2) is 0 Å². The highest BCUT2D eigenvalue weighted by Gasteiger charge is 1.98. The Balaban J connectivity index is 2.08. The van der Waals surface area contributed by atoms with Crippen LogP contribution in [0.3, 0.4) is 0 Å². The van der Waals surface area contributed by atoms with Crippen LogP contribution in [0.1, 0.15) is 24.8 Å². The summed E-state index contributed by atoms with van der Waals surface area (Å²) < 4.78 is 0. The minimum Gasteiger partial charge on any atom is -0.396 e. The molecule has 0 heterocycles. The predicted molar refractivity (Wildman–Crippen MR) is 68.6 cm³/mol. The highest BCUT2D eigenvalue weighted by atomic mass is 16.2. The van der Waals surface area contributed by atoms with E-state index in [1.54, 1.807) is 0 Å². The number of unbranched alkanes of at least 4 members (excludes halogenated alkanes) is 2. The van der Waals surface area contributed by atoms with Gasteiger partial charge in [0, 0.05) is 13.2 Å². The van der Waals surface area contributed by atoms with Crippen molar-refractivity contribution in [2.75, 3.05) is 26.7 Å². The zero-order valence-electron chi connectivity index (χ0n) is 10.2. The Labute approximate surface area is 98.9 Å². The molecule has 90 valence electrons. The van der Waals surface area contributed by atoms with Crippen LogP contribution in [-0.4, -0.2) is 36.8 Å². The molecule has 0 saturated heterocycles. The number of rotatable bonds is 8. The summed E-state index contributed by atoms with van der Waals surface area (Å²) >= 11 is 0. The van der Waals surface area contributed by atoms with Crippen molar-refractivity contribution in [3.63, 3.8) is 0 Å². The van der Waals surface area contributed by atoms with Crippen molar-refractivity contribution in [1.29, 1.82) is 0 Å². The van der Waals surface area contributed by atoms with E-state index in [2.05, 4.69) is 42.3 Å². The van der Waals surface area contributed by atoms with Crippen LogP contribution in [0.5, 0.6) is 0 Å². The molecule has 0 aliphatic rings. The summed E-state index contributed by atoms with van der Waals surface area (Å²) in [7, 11) is 2.17. The molecule has 0 atom stereocenters. The van der Waals surface area contributed by atoms with Gasteiger partial charge in [-0.1, -0.05) is 30.3 Å². The zero-order valence-corrected chi connectivity index (χ0v) is 10.2. The van der Waals surface area contributed by atoms with E-state index in [0.717, 1.165) is 32.4 Å². The monoisotopic (exact) mass is 221 g/mol. The third-order valence-corrected chi connectivity index (χ3v) is 2.82. The summed E-state index contributed by atoms with van der Waals surface area (Å²) in [5.41, 5.74) is 1.41. The first kappa shape index (κ1) is 13.2. The first-order valence-electron chi connectivity index (χ1n) is 6.16. The first-order valence-corrected chi connectivity index (χ1v) is 6.16. The molecule has 2 nitrogen and oxygen atoms in total. The molecule has 0 fully saturated rings. The van der Waals surface area contributed by atoms with Crippen molar-refractivity contribution >= 4 is 0 Å². The maximum absolute atomic E-state index is 8.67. The van der Waals surface area contributed by atoms with Crippen molar-refractivity contribution in [3.8, 4) is 0 Å². The second-order valence-corrected chi connectivity index (χ2v) is 4.32. The second kappa shape index (κ2) is 8.31. The van der Waals surface area contributed by atoms with E-state index in [9.17, 15) is 0 Å². The van der Waals surface area contributed by atoms with Gasteiger partial charge >= 0.3 is 0 Å². The fraction of sp³-hybridized carbons (Fsp3) is 0.571. The maximum atomic E-state index is 8.67. The molecule has 1 N–H and O–H groups in total. The molecule has 1 aromatic rings. The third-order valence-electron chi connectivity index (χ3n) is 2.82. The topological polar surface area (TPSA) is 23.5 Å². The molecule has 0 spiro atoms. The SMILES string of the molecule is CN(CCCCCO)CCc1ccccc1. The normalized spacial score (nSPS) is 10.9. The van der Waals surface area contributed by atoms with Gasteiger partial charge in [0.2, 0.25) is 0 Å². The zero-order chi connectivity index (χ0) is 11.6. The Hall–Kier alpha value is -0.860. The standard InChI is InChI=1S/C14H23NO/c1-15(11-6-3-7-13-16)12-10-14-8-4-2-5-9-14/h2,4-5,8-9,16H,3,6-7,10-13H2,1H3. The van der Waals surface area contributed by atoms with Gasteiger partial charge in [-0.15, -0.1) is 0 Å². The highest BCUT2D eigenvalue weighted by Crippen LogP contribution is 2.02. The van der Waals surface area contributed by atoms with Crippen LogP contribution < -0.4 is 0 Å². The van der Waals surface area contributed by atoms with Crippen LogP contribution in [0.4, 0.5) is 0 Å². The molecule has 0 unspecified atom stereocenters. The summed E-state index contributed by atoms with van der Waals surface area (Å²) in [4.78, 5) is 2.37. The van der Waals surface area contributed by atoms with E-state index in [1.165, 1.54) is 12.0 Å². The van der Waals surface area contributed by atoms with Gasteiger partial charge in [-0.2, -0.15) is 0 Å². The van der Waals surface area contributed by atoms with Crippen molar-refractivity contribution in [2.45, 2.75) is 25.7 Å². The molecular weight excluding hydrogens is 198 g/mol. The number of hydrogen-bond acceptors (Lipinski definition) is 2. The van der Waals surface area contributed by atoms with E-state index in [1.807, 2.05) is 0 Å². The Kier molecular flexibility index (Phi) is 6.86. The van der Waals surface area contributed by atoms with Crippen LogP contribution in [0, 0.1) is 0 Å². The lowest BCUT2D eigenvalue weighted by molar-refractivity contribution is 0.273. The Morgan fingerprint density at radius 1 is 1.00 bits per heavy atom. The Bertz CT molecular complexity index is 261. The van der Waals surface area contributed by atoms with Crippen LogP contribution in [0.25, 0.3) is 0 Å². The molecule has 1 rings (SSSR count). The van der Waals surface area contributed by atoms with E-state index in [4.69, 9.17) is 5.11 Å². The molecule has 16 heavy (non-hydrogen) atoms. The fourth-order valence-corrected chi connectivity index (χ4v) is 1.75. The second-order valence-electron chi connectivity index (χ2n) is 4.32. The van der Waals surface area contributed by atoms with Crippen LogP contribution in [0.2, 0.25) is 0 Å². The minimum atomic E-state index is 0.327. The minimum absolute atomic E-state index is 0.327. The van der Waals surface area contributed by atoms with Gasteiger partial charge in [-0.25, -0.2) is 0 Å². The van der Waals surface area contributed by atoms with Crippen molar-refractivity contribution < 1.29 is 5.11 Å². The maximum Gasteiger partial charge on any atom is 0.0431 e. The van der Waals surface area contributed by atoms with Crippen LogP contribution in [0.15, 0.2) is 30.3 Å². The number of nitrogens with zero attached hydrogens (tertiary/aromatic N) is 1. The molecule has 2 heteroatoms. The number of hydrogen-bond donors (Lipinski definition) is 1. The third kappa shape index (κ3) is 5.89. The molecule has 0 aromatic heterocycles. The average molecular weight is 221 g/mol. The molecule has 0 amide bonds. The molecule has 1 aromatic carbocycles. The Morgan fingerprint density at radius 2 is 1.75 bits per heavy atom. The molecule has 0 aliphatic heterocycles. The van der Waals surface area contributed by atoms with Gasteiger partial charge in [0.05, 0.1) is 0 Å². The van der Waals surface area contributed by atoms with E-state index >= 15 is 0 Å². The highest BCUT2D eigenvalue weighted by molar-refractivity contribution is 5.14. The largest absolute Gasteiger partial charge is 0.396 e. The summed E-state index contributed by atoms with van der Waals surface area (Å²) in [6.07, 6.45) is 4.38.